The Bertz CT molecular complexity index is 504. The lowest BCUT2D eigenvalue weighted by molar-refractivity contribution is 0.277. The van der Waals surface area contributed by atoms with Crippen molar-refractivity contribution >= 4 is 0 Å². The van der Waals surface area contributed by atoms with E-state index in [1.807, 2.05) is 36.5 Å². The van der Waals surface area contributed by atoms with Crippen LogP contribution < -0.4 is 10.1 Å². The molecule has 3 nitrogen and oxygen atoms in total. The van der Waals surface area contributed by atoms with Gasteiger partial charge in [0.15, 0.2) is 0 Å². The lowest BCUT2D eigenvalue weighted by Gasteiger charge is -2.12. The molecule has 1 saturated heterocycles. The van der Waals surface area contributed by atoms with Crippen LogP contribution in [0.4, 0.5) is 0 Å². The van der Waals surface area contributed by atoms with Crippen molar-refractivity contribution in [2.75, 3.05) is 13.2 Å². The van der Waals surface area contributed by atoms with Gasteiger partial charge in [-0.1, -0.05) is 6.07 Å². The van der Waals surface area contributed by atoms with Gasteiger partial charge in [-0.15, -0.1) is 0 Å². The molecule has 19 heavy (non-hydrogen) atoms. The summed E-state index contributed by atoms with van der Waals surface area (Å²) in [5.41, 5.74) is 2.11. The maximum Gasteiger partial charge on any atom is 0.119 e. The molecular formula is C16H18N2O. The molecule has 1 aromatic heterocycles. The fraction of sp³-hybridized carbons (Fsp3) is 0.312. The maximum atomic E-state index is 5.80. The van der Waals surface area contributed by atoms with E-state index in [0.29, 0.717) is 6.04 Å². The van der Waals surface area contributed by atoms with E-state index in [2.05, 4.69) is 22.4 Å². The quantitative estimate of drug-likeness (QED) is 0.911. The third-order valence-corrected chi connectivity index (χ3v) is 3.43. The highest BCUT2D eigenvalue weighted by Crippen LogP contribution is 2.20. The zero-order chi connectivity index (χ0) is 12.9. The highest BCUT2D eigenvalue weighted by molar-refractivity contribution is 5.59. The highest BCUT2D eigenvalue weighted by atomic mass is 16.5. The van der Waals surface area contributed by atoms with E-state index < -0.39 is 0 Å². The predicted molar refractivity (Wildman–Crippen MR) is 76.2 cm³/mol. The van der Waals surface area contributed by atoms with Crippen molar-refractivity contribution in [1.82, 2.24) is 10.3 Å². The van der Waals surface area contributed by atoms with Crippen LogP contribution in [0, 0.1) is 0 Å². The van der Waals surface area contributed by atoms with Crippen molar-refractivity contribution < 1.29 is 4.74 Å². The Labute approximate surface area is 113 Å². The molecule has 1 aliphatic heterocycles. The minimum absolute atomic E-state index is 0.510. The van der Waals surface area contributed by atoms with Crippen LogP contribution in [0.3, 0.4) is 0 Å². The van der Waals surface area contributed by atoms with E-state index in [1.165, 1.54) is 12.8 Å². The van der Waals surface area contributed by atoms with Gasteiger partial charge >= 0.3 is 0 Å². The summed E-state index contributed by atoms with van der Waals surface area (Å²) in [4.78, 5) is 4.34. The van der Waals surface area contributed by atoms with Crippen molar-refractivity contribution in [3.8, 4) is 17.0 Å². The molecule has 1 atom stereocenters. The zero-order valence-corrected chi connectivity index (χ0v) is 10.9. The van der Waals surface area contributed by atoms with Crippen LogP contribution in [-0.2, 0) is 0 Å². The number of rotatable bonds is 4. The Balaban J connectivity index is 1.62. The average Bonchev–Trinajstić information content (AvgIpc) is 3.00. The first kappa shape index (κ1) is 12.2. The molecule has 0 saturated carbocycles. The van der Waals surface area contributed by atoms with Gasteiger partial charge in [-0.3, -0.25) is 4.98 Å². The van der Waals surface area contributed by atoms with Crippen molar-refractivity contribution in [2.45, 2.75) is 18.9 Å². The largest absolute Gasteiger partial charge is 0.492 e. The molecule has 0 spiro atoms. The van der Waals surface area contributed by atoms with Crippen molar-refractivity contribution in [3.63, 3.8) is 0 Å². The fourth-order valence-corrected chi connectivity index (χ4v) is 2.35. The lowest BCUT2D eigenvalue weighted by Crippen LogP contribution is -2.28. The van der Waals surface area contributed by atoms with Crippen LogP contribution in [0.1, 0.15) is 12.8 Å². The van der Waals surface area contributed by atoms with Crippen LogP contribution >= 0.6 is 0 Å². The summed E-state index contributed by atoms with van der Waals surface area (Å²) in [6, 6.07) is 14.6. The first-order chi connectivity index (χ1) is 9.42. The molecule has 1 aromatic carbocycles. The van der Waals surface area contributed by atoms with E-state index >= 15 is 0 Å². The number of hydrogen-bond donors (Lipinski definition) is 1. The summed E-state index contributed by atoms with van der Waals surface area (Å²) in [6.07, 6.45) is 4.28. The molecule has 2 heterocycles. The molecule has 98 valence electrons. The Kier molecular flexibility index (Phi) is 3.75. The standard InChI is InChI=1S/C16H18N2O/c1-2-10-18-16(5-1)13-6-8-15(9-7-13)19-12-14-4-3-11-17-14/h1-2,5-10,14,17H,3-4,11-12H2. The summed E-state index contributed by atoms with van der Waals surface area (Å²) >= 11 is 0. The third-order valence-electron chi connectivity index (χ3n) is 3.43. The average molecular weight is 254 g/mol. The van der Waals surface area contributed by atoms with Crippen LogP contribution in [0.15, 0.2) is 48.7 Å². The number of aromatic nitrogens is 1. The third kappa shape index (κ3) is 3.12. The lowest BCUT2D eigenvalue weighted by atomic mass is 10.1. The van der Waals surface area contributed by atoms with Gasteiger partial charge in [-0.2, -0.15) is 0 Å². The molecule has 3 heteroatoms. The van der Waals surface area contributed by atoms with Crippen molar-refractivity contribution in [2.24, 2.45) is 0 Å². The van der Waals surface area contributed by atoms with Gasteiger partial charge in [-0.05, 0) is 55.8 Å². The molecule has 3 rings (SSSR count). The molecule has 1 aliphatic rings. The van der Waals surface area contributed by atoms with Gasteiger partial charge in [0.25, 0.3) is 0 Å². The van der Waals surface area contributed by atoms with Crippen LogP contribution in [0.5, 0.6) is 5.75 Å². The topological polar surface area (TPSA) is 34.1 Å². The van der Waals surface area contributed by atoms with E-state index in [1.54, 1.807) is 0 Å². The molecule has 0 amide bonds. The Morgan fingerprint density at radius 1 is 1.16 bits per heavy atom. The first-order valence-electron chi connectivity index (χ1n) is 6.79. The van der Waals surface area contributed by atoms with Crippen LogP contribution in [0.25, 0.3) is 11.3 Å². The number of nitrogens with zero attached hydrogens (tertiary/aromatic N) is 1. The second-order valence-corrected chi connectivity index (χ2v) is 4.84. The Morgan fingerprint density at radius 3 is 2.74 bits per heavy atom. The molecule has 2 aromatic rings. The maximum absolute atomic E-state index is 5.80. The van der Waals surface area contributed by atoms with Gasteiger partial charge in [0, 0.05) is 17.8 Å². The molecule has 0 aliphatic carbocycles. The van der Waals surface area contributed by atoms with E-state index in [9.17, 15) is 0 Å². The first-order valence-corrected chi connectivity index (χ1v) is 6.79. The smallest absolute Gasteiger partial charge is 0.119 e. The van der Waals surface area contributed by atoms with E-state index in [-0.39, 0.29) is 0 Å². The molecule has 1 fully saturated rings. The van der Waals surface area contributed by atoms with Gasteiger partial charge in [0.2, 0.25) is 0 Å². The van der Waals surface area contributed by atoms with E-state index in [0.717, 1.165) is 30.2 Å². The van der Waals surface area contributed by atoms with Crippen LogP contribution in [-0.4, -0.2) is 24.2 Å². The highest BCUT2D eigenvalue weighted by Gasteiger charge is 2.14. The summed E-state index contributed by atoms with van der Waals surface area (Å²) in [5.74, 6) is 0.924. The van der Waals surface area contributed by atoms with Gasteiger partial charge in [-0.25, -0.2) is 0 Å². The molecule has 0 bridgehead atoms. The monoisotopic (exact) mass is 254 g/mol. The summed E-state index contributed by atoms with van der Waals surface area (Å²) in [7, 11) is 0. The number of ether oxygens (including phenoxy) is 1. The number of nitrogens with one attached hydrogen (secondary N) is 1. The minimum Gasteiger partial charge on any atom is -0.492 e. The van der Waals surface area contributed by atoms with Gasteiger partial charge in [0.1, 0.15) is 12.4 Å². The van der Waals surface area contributed by atoms with Crippen molar-refractivity contribution in [1.29, 1.82) is 0 Å². The molecular weight excluding hydrogens is 236 g/mol. The Morgan fingerprint density at radius 2 is 2.05 bits per heavy atom. The number of pyridine rings is 1. The summed E-state index contributed by atoms with van der Waals surface area (Å²) in [5, 5.41) is 3.43. The summed E-state index contributed by atoms with van der Waals surface area (Å²) in [6.45, 7) is 1.87. The molecule has 0 radical (unpaired) electrons. The second-order valence-electron chi connectivity index (χ2n) is 4.84. The molecule has 1 unspecified atom stereocenters. The van der Waals surface area contributed by atoms with Gasteiger partial charge in [0.05, 0.1) is 5.69 Å². The van der Waals surface area contributed by atoms with E-state index in [4.69, 9.17) is 4.74 Å². The minimum atomic E-state index is 0.510. The van der Waals surface area contributed by atoms with Crippen LogP contribution in [0.2, 0.25) is 0 Å². The fourth-order valence-electron chi connectivity index (χ4n) is 2.35. The SMILES string of the molecule is c1ccc(-c2ccc(OCC3CCCN3)cc2)nc1. The van der Waals surface area contributed by atoms with Gasteiger partial charge < -0.3 is 10.1 Å². The predicted octanol–water partition coefficient (Wildman–Crippen LogP) is 2.88. The zero-order valence-electron chi connectivity index (χ0n) is 10.9. The van der Waals surface area contributed by atoms with Crippen molar-refractivity contribution in [3.05, 3.63) is 48.7 Å². The second kappa shape index (κ2) is 5.85. The number of benzene rings is 1. The number of hydrogen-bond acceptors (Lipinski definition) is 3. The molecule has 1 N–H and O–H groups in total. The Hall–Kier alpha value is -1.87. The summed E-state index contributed by atoms with van der Waals surface area (Å²) < 4.78 is 5.80. The normalized spacial score (nSPS) is 18.4.